The van der Waals surface area contributed by atoms with Crippen LogP contribution in [0.4, 0.5) is 5.69 Å². The minimum atomic E-state index is -2.77. The first-order valence-electron chi connectivity index (χ1n) is 13.4. The average Bonchev–Trinajstić information content (AvgIpc) is 3.46. The molecule has 4 aromatic carbocycles. The molecule has 194 valence electrons. The van der Waals surface area contributed by atoms with Crippen molar-refractivity contribution in [3.8, 4) is 0 Å². The van der Waals surface area contributed by atoms with Gasteiger partial charge in [-0.2, -0.15) is 0 Å². The Morgan fingerprint density at radius 3 is 1.41 bits per heavy atom. The van der Waals surface area contributed by atoms with Gasteiger partial charge in [0, 0.05) is 0 Å². The zero-order chi connectivity index (χ0) is 27.4. The van der Waals surface area contributed by atoms with E-state index in [1.165, 1.54) is 32.3 Å². The Labute approximate surface area is 232 Å². The van der Waals surface area contributed by atoms with Gasteiger partial charge in [0.1, 0.15) is 11.5 Å². The Kier molecular flexibility index (Phi) is 7.57. The molecular weight excluding hydrogens is 492 g/mol. The van der Waals surface area contributed by atoms with Crippen LogP contribution in [-0.2, 0) is 0 Å². The summed E-state index contributed by atoms with van der Waals surface area (Å²) in [6.45, 7) is 10.4. The second-order valence-corrected chi connectivity index (χ2v) is 13.5. The number of nitrogens with zero attached hydrogens (tertiary/aromatic N) is 2. The third-order valence-corrected chi connectivity index (χ3v) is 11.3. The van der Waals surface area contributed by atoms with E-state index in [4.69, 9.17) is 14.1 Å². The van der Waals surface area contributed by atoms with Crippen molar-refractivity contribution in [3.05, 3.63) is 143 Å². The zero-order valence-electron chi connectivity index (χ0n) is 23.3. The predicted molar refractivity (Wildman–Crippen MR) is 167 cm³/mol. The Balaban J connectivity index is 1.63. The van der Waals surface area contributed by atoms with Gasteiger partial charge in [0.2, 0.25) is 0 Å². The fourth-order valence-corrected chi connectivity index (χ4v) is 9.36. The fraction of sp³-hybridized carbons (Fsp3) is 0.143. The standard InChI is InChI=1S/C35H34N2OSi/c1-25-23-26(2)35(27(3)24-25)36-28(4)33-21-22-34(38-33)29(5)37-39(30-15-9-6-10-16-30,31-17-11-7-12-18-31)32-19-13-8-14-20-32/h6-24H,1-5H3/b36-28?,37-29+. The molecule has 0 aliphatic heterocycles. The van der Waals surface area contributed by atoms with Crippen LogP contribution in [0, 0.1) is 20.8 Å². The molecule has 1 heterocycles. The number of benzene rings is 4. The number of furan rings is 1. The van der Waals surface area contributed by atoms with Crippen LogP contribution in [0.3, 0.4) is 0 Å². The lowest BCUT2D eigenvalue weighted by molar-refractivity contribution is 0.548. The highest BCUT2D eigenvalue weighted by atomic mass is 28.3. The van der Waals surface area contributed by atoms with E-state index in [0.717, 1.165) is 28.6 Å². The Hall–Kier alpha value is -4.28. The second kappa shape index (κ2) is 11.2. The maximum absolute atomic E-state index is 6.40. The van der Waals surface area contributed by atoms with Gasteiger partial charge in [-0.05, 0) is 73.4 Å². The van der Waals surface area contributed by atoms with Gasteiger partial charge in [-0.25, -0.2) is 4.99 Å². The molecule has 39 heavy (non-hydrogen) atoms. The largest absolute Gasteiger partial charge is 0.454 e. The van der Waals surface area contributed by atoms with Crippen LogP contribution in [0.25, 0.3) is 0 Å². The summed E-state index contributed by atoms with van der Waals surface area (Å²) < 4.78 is 12.0. The summed E-state index contributed by atoms with van der Waals surface area (Å²) >= 11 is 0. The van der Waals surface area contributed by atoms with Gasteiger partial charge < -0.3 is 9.08 Å². The van der Waals surface area contributed by atoms with E-state index in [2.05, 4.69) is 131 Å². The van der Waals surface area contributed by atoms with Gasteiger partial charge >= 0.3 is 0 Å². The third-order valence-electron chi connectivity index (χ3n) is 7.14. The van der Waals surface area contributed by atoms with E-state index in [0.29, 0.717) is 0 Å². The summed E-state index contributed by atoms with van der Waals surface area (Å²) in [5.74, 6) is 1.52. The van der Waals surface area contributed by atoms with E-state index >= 15 is 0 Å². The van der Waals surface area contributed by atoms with Crippen LogP contribution in [-0.4, -0.2) is 19.7 Å². The number of hydrogen-bond donors (Lipinski definition) is 0. The zero-order valence-corrected chi connectivity index (χ0v) is 24.3. The second-order valence-electron chi connectivity index (χ2n) is 10.1. The molecule has 0 saturated heterocycles. The van der Waals surface area contributed by atoms with E-state index in [-0.39, 0.29) is 0 Å². The van der Waals surface area contributed by atoms with Crippen LogP contribution in [0.1, 0.15) is 42.1 Å². The first-order chi connectivity index (χ1) is 18.9. The molecule has 1 aromatic heterocycles. The number of rotatable bonds is 7. The number of aliphatic imine (C=N–C) groups is 1. The van der Waals surface area contributed by atoms with Crippen molar-refractivity contribution in [3.63, 3.8) is 0 Å². The average molecular weight is 527 g/mol. The van der Waals surface area contributed by atoms with Crippen molar-refractivity contribution in [1.29, 1.82) is 0 Å². The predicted octanol–water partition coefficient (Wildman–Crippen LogP) is 6.82. The first-order valence-corrected chi connectivity index (χ1v) is 15.3. The third kappa shape index (κ3) is 5.34. The molecule has 0 aliphatic carbocycles. The smallest absolute Gasteiger partial charge is 0.273 e. The normalized spacial score (nSPS) is 12.5. The fourth-order valence-electron chi connectivity index (χ4n) is 5.34. The van der Waals surface area contributed by atoms with Crippen molar-refractivity contribution in [1.82, 2.24) is 0 Å². The minimum absolute atomic E-state index is 0.755. The first kappa shape index (κ1) is 26.3. The summed E-state index contributed by atoms with van der Waals surface area (Å²) in [5, 5.41) is 3.70. The van der Waals surface area contributed by atoms with Crippen LogP contribution in [0.2, 0.25) is 0 Å². The van der Waals surface area contributed by atoms with Gasteiger partial charge in [-0.1, -0.05) is 109 Å². The molecule has 0 aliphatic rings. The summed E-state index contributed by atoms with van der Waals surface area (Å²) in [6, 6.07) is 40.4. The maximum Gasteiger partial charge on any atom is 0.273 e. The van der Waals surface area contributed by atoms with Crippen LogP contribution in [0.15, 0.2) is 129 Å². The Bertz CT molecular complexity index is 1510. The molecule has 0 spiro atoms. The van der Waals surface area contributed by atoms with Crippen molar-refractivity contribution < 1.29 is 4.42 Å². The van der Waals surface area contributed by atoms with E-state index < -0.39 is 8.24 Å². The van der Waals surface area contributed by atoms with Crippen molar-refractivity contribution >= 4 is 40.9 Å². The summed E-state index contributed by atoms with van der Waals surface area (Å²) in [5.41, 5.74) is 6.31. The number of aryl methyl sites for hydroxylation is 3. The molecule has 0 amide bonds. The number of hydrogen-bond acceptors (Lipinski definition) is 3. The van der Waals surface area contributed by atoms with Gasteiger partial charge in [0.15, 0.2) is 0 Å². The highest BCUT2D eigenvalue weighted by Gasteiger charge is 2.40. The van der Waals surface area contributed by atoms with Crippen LogP contribution >= 0.6 is 0 Å². The monoisotopic (exact) mass is 526 g/mol. The van der Waals surface area contributed by atoms with Crippen LogP contribution in [0.5, 0.6) is 0 Å². The molecule has 3 nitrogen and oxygen atoms in total. The summed E-state index contributed by atoms with van der Waals surface area (Å²) in [7, 11) is -2.77. The lowest BCUT2D eigenvalue weighted by Gasteiger charge is -2.29. The molecule has 0 bridgehead atoms. The minimum Gasteiger partial charge on any atom is -0.454 e. The van der Waals surface area contributed by atoms with E-state index in [9.17, 15) is 0 Å². The van der Waals surface area contributed by atoms with Gasteiger partial charge in [0.05, 0.1) is 17.1 Å². The Morgan fingerprint density at radius 1 is 0.564 bits per heavy atom. The van der Waals surface area contributed by atoms with Gasteiger partial charge in [-0.15, -0.1) is 0 Å². The lowest BCUT2D eigenvalue weighted by Crippen LogP contribution is -2.66. The molecule has 5 rings (SSSR count). The molecule has 4 heteroatoms. The van der Waals surface area contributed by atoms with Crippen molar-refractivity contribution in [2.75, 3.05) is 0 Å². The van der Waals surface area contributed by atoms with Gasteiger partial charge in [-0.3, -0.25) is 0 Å². The quantitative estimate of drug-likeness (QED) is 0.130. The maximum atomic E-state index is 6.40. The molecular formula is C35H34N2OSi. The van der Waals surface area contributed by atoms with Crippen molar-refractivity contribution in [2.45, 2.75) is 34.6 Å². The van der Waals surface area contributed by atoms with Crippen LogP contribution < -0.4 is 15.6 Å². The van der Waals surface area contributed by atoms with Crippen molar-refractivity contribution in [2.24, 2.45) is 9.65 Å². The topological polar surface area (TPSA) is 37.9 Å². The molecule has 0 radical (unpaired) electrons. The van der Waals surface area contributed by atoms with E-state index in [1.807, 2.05) is 19.1 Å². The molecule has 5 aromatic rings. The SMILES string of the molecule is CC(=Nc1c(C)cc(C)cc1C)c1ccc(/C(C)=N/[Si](c2ccccc2)(c2ccccc2)c2ccccc2)o1. The highest BCUT2D eigenvalue weighted by Crippen LogP contribution is 2.26. The lowest BCUT2D eigenvalue weighted by atomic mass is 10.1. The molecule has 0 unspecified atom stereocenters. The summed E-state index contributed by atoms with van der Waals surface area (Å²) in [6.07, 6.45) is 0. The van der Waals surface area contributed by atoms with E-state index in [1.54, 1.807) is 0 Å². The van der Waals surface area contributed by atoms with Gasteiger partial charge in [0.25, 0.3) is 8.24 Å². The Morgan fingerprint density at radius 2 is 0.974 bits per heavy atom. The molecule has 0 fully saturated rings. The molecule has 0 N–H and O–H groups in total. The molecule has 0 atom stereocenters. The highest BCUT2D eigenvalue weighted by molar-refractivity contribution is 7.10. The summed E-state index contributed by atoms with van der Waals surface area (Å²) in [4.78, 5) is 4.95. The molecule has 0 saturated carbocycles.